The van der Waals surface area contributed by atoms with Crippen LogP contribution in [0, 0.1) is 23.7 Å². The van der Waals surface area contributed by atoms with E-state index in [0.717, 1.165) is 72.9 Å². The first-order chi connectivity index (χ1) is 22.0. The number of aromatic amines is 2. The van der Waals surface area contributed by atoms with Crippen molar-refractivity contribution < 1.29 is 9.59 Å². The monoisotopic (exact) mass is 626 g/mol. The summed E-state index contributed by atoms with van der Waals surface area (Å²) in [6.07, 6.45) is 7.35. The van der Waals surface area contributed by atoms with Crippen LogP contribution in [0.3, 0.4) is 0 Å². The van der Waals surface area contributed by atoms with Crippen LogP contribution in [-0.2, 0) is 9.59 Å². The Balaban J connectivity index is 1.25. The number of likely N-dealkylation sites (N-methyl/N-ethyl adjacent to an activating group) is 2. The van der Waals surface area contributed by atoms with Gasteiger partial charge in [-0.15, -0.1) is 0 Å². The van der Waals surface area contributed by atoms with Gasteiger partial charge >= 0.3 is 0 Å². The van der Waals surface area contributed by atoms with E-state index >= 15 is 0 Å². The van der Waals surface area contributed by atoms with E-state index in [1.807, 2.05) is 78.3 Å². The highest BCUT2D eigenvalue weighted by Gasteiger charge is 2.38. The van der Waals surface area contributed by atoms with Crippen LogP contribution in [0.5, 0.6) is 0 Å². The first-order valence-corrected chi connectivity index (χ1v) is 16.6. The van der Waals surface area contributed by atoms with Crippen LogP contribution in [0.15, 0.2) is 36.7 Å². The summed E-state index contributed by atoms with van der Waals surface area (Å²) in [5.41, 5.74) is 3.55. The van der Waals surface area contributed by atoms with Gasteiger partial charge in [-0.2, -0.15) is 0 Å². The van der Waals surface area contributed by atoms with Crippen LogP contribution >= 0.6 is 0 Å². The van der Waals surface area contributed by atoms with Crippen molar-refractivity contribution >= 4 is 11.8 Å². The molecule has 2 aliphatic heterocycles. The third kappa shape index (κ3) is 7.06. The second-order valence-electron chi connectivity index (χ2n) is 13.9. The molecule has 2 saturated heterocycles. The van der Waals surface area contributed by atoms with Gasteiger partial charge in [-0.3, -0.25) is 19.4 Å². The first kappa shape index (κ1) is 33.4. The van der Waals surface area contributed by atoms with Crippen LogP contribution in [0.2, 0.25) is 0 Å². The molecule has 0 bridgehead atoms. The van der Waals surface area contributed by atoms with E-state index in [1.165, 1.54) is 0 Å². The number of likely N-dealkylation sites (tertiary alicyclic amines) is 2. The molecular weight excluding hydrogens is 576 g/mol. The van der Waals surface area contributed by atoms with Gasteiger partial charge in [0.2, 0.25) is 11.8 Å². The van der Waals surface area contributed by atoms with Gasteiger partial charge in [-0.05, 0) is 89.3 Å². The number of hydrogen-bond donors (Lipinski definition) is 2. The maximum absolute atomic E-state index is 13.5. The van der Waals surface area contributed by atoms with E-state index in [9.17, 15) is 9.59 Å². The fourth-order valence-corrected chi connectivity index (χ4v) is 7.27. The van der Waals surface area contributed by atoms with Crippen molar-refractivity contribution in [3.05, 3.63) is 59.6 Å². The molecule has 0 unspecified atom stereocenters. The Labute approximate surface area is 274 Å². The molecule has 2 aliphatic rings. The van der Waals surface area contributed by atoms with Gasteiger partial charge < -0.3 is 19.8 Å². The average molecular weight is 627 g/mol. The number of aromatic nitrogens is 4. The Hall–Kier alpha value is -3.94. The predicted octanol–water partition coefficient (Wildman–Crippen LogP) is 4.70. The molecule has 2 aromatic heterocycles. The Morgan fingerprint density at radius 1 is 0.761 bits per heavy atom. The highest BCUT2D eigenvalue weighted by atomic mass is 16.2. The normalized spacial score (nSPS) is 19.7. The zero-order chi connectivity index (χ0) is 33.1. The summed E-state index contributed by atoms with van der Waals surface area (Å²) >= 11 is 0. The van der Waals surface area contributed by atoms with Crippen molar-refractivity contribution in [3.8, 4) is 23.1 Å². The second-order valence-corrected chi connectivity index (χ2v) is 13.9. The summed E-state index contributed by atoms with van der Waals surface area (Å²) in [5, 5.41) is 0. The summed E-state index contributed by atoms with van der Waals surface area (Å²) in [7, 11) is 7.88. The number of nitrogens with one attached hydrogen (secondary N) is 2. The van der Waals surface area contributed by atoms with Crippen LogP contribution in [-0.4, -0.2) is 105 Å². The average Bonchev–Trinajstić information content (AvgIpc) is 3.82. The number of amides is 2. The smallest absolute Gasteiger partial charge is 0.240 e. The summed E-state index contributed by atoms with van der Waals surface area (Å²) in [4.78, 5) is 51.1. The third-order valence-corrected chi connectivity index (χ3v) is 9.31. The lowest BCUT2D eigenvalue weighted by atomic mass is 10.0. The summed E-state index contributed by atoms with van der Waals surface area (Å²) in [5.74, 6) is 8.87. The van der Waals surface area contributed by atoms with E-state index in [-0.39, 0.29) is 47.8 Å². The van der Waals surface area contributed by atoms with E-state index in [1.54, 1.807) is 6.20 Å². The minimum Gasteiger partial charge on any atom is -0.340 e. The molecule has 4 heterocycles. The summed E-state index contributed by atoms with van der Waals surface area (Å²) in [6, 6.07) is 7.68. The predicted molar refractivity (Wildman–Crippen MR) is 181 cm³/mol. The standard InChI is InChI=1S/C36H50N8O2/c1-23(2)31(41(5)6)35(45)43-19-9-11-29(43)33-37-21-27(39-33)18-15-25-13-16-26(17-14-25)28-22-38-34(40-28)30-12-10-20-44(30)36(46)32(24(3)4)42(7)8/h13-14,16-17,21-24,29-32H,9-12,19-20H2,1-8H3,(H,37,39)(H,38,40)/t29-,30-,31-,32-/m0/s1. The number of hydrogen-bond acceptors (Lipinski definition) is 6. The Kier molecular flexibility index (Phi) is 10.3. The van der Waals surface area contributed by atoms with Gasteiger partial charge in [0.05, 0.1) is 42.3 Å². The number of imidazole rings is 2. The van der Waals surface area contributed by atoms with Crippen LogP contribution < -0.4 is 0 Å². The second kappa shape index (κ2) is 14.2. The molecule has 2 amide bonds. The molecule has 0 spiro atoms. The van der Waals surface area contributed by atoms with Gasteiger partial charge in [0, 0.05) is 18.7 Å². The lowest BCUT2D eigenvalue weighted by molar-refractivity contribution is -0.139. The number of benzene rings is 1. The third-order valence-electron chi connectivity index (χ3n) is 9.31. The molecule has 10 heteroatoms. The molecule has 246 valence electrons. The lowest BCUT2D eigenvalue weighted by Crippen LogP contribution is -2.48. The quantitative estimate of drug-likeness (QED) is 0.334. The number of H-pyrrole nitrogens is 2. The van der Waals surface area contributed by atoms with E-state index in [4.69, 9.17) is 4.98 Å². The summed E-state index contributed by atoms with van der Waals surface area (Å²) < 4.78 is 0. The minimum absolute atomic E-state index is 0.0362. The Morgan fingerprint density at radius 3 is 1.76 bits per heavy atom. The lowest BCUT2D eigenvalue weighted by Gasteiger charge is -2.33. The van der Waals surface area contributed by atoms with Crippen molar-refractivity contribution in [1.29, 1.82) is 0 Å². The highest BCUT2D eigenvalue weighted by molar-refractivity contribution is 5.83. The first-order valence-electron chi connectivity index (χ1n) is 16.6. The molecule has 3 aromatic rings. The number of carbonyl (C=O) groups is 2. The maximum Gasteiger partial charge on any atom is 0.240 e. The van der Waals surface area contributed by atoms with Crippen LogP contribution in [0.1, 0.15) is 88.4 Å². The number of carbonyl (C=O) groups excluding carboxylic acids is 2. The molecule has 46 heavy (non-hydrogen) atoms. The van der Waals surface area contributed by atoms with Crippen molar-refractivity contribution in [3.63, 3.8) is 0 Å². The minimum atomic E-state index is -0.154. The van der Waals surface area contributed by atoms with Crippen molar-refractivity contribution in [2.24, 2.45) is 11.8 Å². The van der Waals surface area contributed by atoms with Gasteiger partial charge in [0.15, 0.2) is 0 Å². The molecule has 0 radical (unpaired) electrons. The molecular formula is C36H50N8O2. The molecule has 10 nitrogen and oxygen atoms in total. The number of rotatable bonds is 9. The van der Waals surface area contributed by atoms with Gasteiger partial charge in [-0.25, -0.2) is 9.97 Å². The molecule has 0 aliphatic carbocycles. The largest absolute Gasteiger partial charge is 0.340 e. The highest BCUT2D eigenvalue weighted by Crippen LogP contribution is 2.34. The van der Waals surface area contributed by atoms with Crippen LogP contribution in [0.25, 0.3) is 11.3 Å². The molecule has 1 aromatic carbocycles. The maximum atomic E-state index is 13.5. The van der Waals surface area contributed by atoms with Gasteiger partial charge in [-0.1, -0.05) is 45.7 Å². The fourth-order valence-electron chi connectivity index (χ4n) is 7.27. The van der Waals surface area contributed by atoms with Gasteiger partial charge in [0.25, 0.3) is 0 Å². The van der Waals surface area contributed by atoms with Crippen LogP contribution in [0.4, 0.5) is 0 Å². The van der Waals surface area contributed by atoms with Crippen molar-refractivity contribution in [1.82, 2.24) is 39.5 Å². The van der Waals surface area contributed by atoms with Crippen molar-refractivity contribution in [2.45, 2.75) is 77.5 Å². The summed E-state index contributed by atoms with van der Waals surface area (Å²) in [6.45, 7) is 9.89. The zero-order valence-electron chi connectivity index (χ0n) is 28.7. The van der Waals surface area contributed by atoms with E-state index < -0.39 is 0 Å². The Morgan fingerprint density at radius 2 is 1.26 bits per heavy atom. The van der Waals surface area contributed by atoms with E-state index in [0.29, 0.717) is 0 Å². The molecule has 2 N–H and O–H groups in total. The fraction of sp³-hybridized carbons (Fsp3) is 0.556. The SMILES string of the molecule is CC(C)[C@@H](C(=O)N1CCC[C@H]1c1ncc(C#Cc2ccc(-c3cnc([C@@H]4CCCN4C(=O)[C@H](C(C)C)N(C)C)[nH]3)cc2)[nH]1)N(C)C. The molecule has 5 rings (SSSR count). The van der Waals surface area contributed by atoms with Crippen molar-refractivity contribution in [2.75, 3.05) is 41.3 Å². The Bertz CT molecular complexity index is 1540. The zero-order valence-corrected chi connectivity index (χ0v) is 28.7. The molecule has 0 saturated carbocycles. The number of nitrogens with zero attached hydrogens (tertiary/aromatic N) is 6. The molecule has 4 atom stereocenters. The van der Waals surface area contributed by atoms with Gasteiger partial charge in [0.1, 0.15) is 17.3 Å². The topological polar surface area (TPSA) is 104 Å². The molecule has 2 fully saturated rings. The van der Waals surface area contributed by atoms with E-state index in [2.05, 4.69) is 54.5 Å².